The quantitative estimate of drug-likeness (QED) is 0.883. The zero-order valence-corrected chi connectivity index (χ0v) is 16.4. The lowest BCUT2D eigenvalue weighted by Crippen LogP contribution is -2.59. The third-order valence-electron chi connectivity index (χ3n) is 6.09. The number of carbonyl (C=O) groups is 1. The van der Waals surface area contributed by atoms with Gasteiger partial charge in [-0.2, -0.15) is 0 Å². The summed E-state index contributed by atoms with van der Waals surface area (Å²) in [5.74, 6) is 0.0851. The Morgan fingerprint density at radius 2 is 1.92 bits per heavy atom. The Hall–Kier alpha value is -1.43. The number of aryl methyl sites for hydroxylation is 1. The van der Waals surface area contributed by atoms with Gasteiger partial charge in [0.15, 0.2) is 0 Å². The normalized spacial score (nSPS) is 21.0. The van der Waals surface area contributed by atoms with Crippen molar-refractivity contribution < 1.29 is 9.53 Å². The fraction of sp³-hybridized carbons (Fsp3) is 0.571. The molecule has 1 amide bonds. The molecule has 0 unspecified atom stereocenters. The highest BCUT2D eigenvalue weighted by Gasteiger charge is 2.39. The van der Waals surface area contributed by atoms with Gasteiger partial charge in [-0.1, -0.05) is 37.5 Å². The summed E-state index contributed by atoms with van der Waals surface area (Å²) in [5, 5.41) is 4.50. The first-order chi connectivity index (χ1) is 12.7. The number of benzene rings is 1. The monoisotopic (exact) mass is 372 g/mol. The molecule has 0 radical (unpaired) electrons. The van der Waals surface area contributed by atoms with Gasteiger partial charge in [-0.15, -0.1) is 11.3 Å². The molecular weight excluding hydrogens is 344 g/mol. The number of morpholine rings is 1. The number of hydrogen-bond acceptors (Lipinski definition) is 4. The van der Waals surface area contributed by atoms with Crippen molar-refractivity contribution >= 4 is 27.3 Å². The largest absolute Gasteiger partial charge is 0.379 e. The number of rotatable bonds is 4. The van der Waals surface area contributed by atoms with E-state index in [1.807, 2.05) is 12.1 Å². The summed E-state index contributed by atoms with van der Waals surface area (Å²) >= 11 is 1.61. The van der Waals surface area contributed by atoms with Crippen LogP contribution in [0.2, 0.25) is 0 Å². The average molecular weight is 373 g/mol. The lowest BCUT2D eigenvalue weighted by Gasteiger charge is -2.48. The van der Waals surface area contributed by atoms with Crippen molar-refractivity contribution in [2.75, 3.05) is 32.8 Å². The van der Waals surface area contributed by atoms with Crippen LogP contribution in [0, 0.1) is 6.92 Å². The molecule has 1 aliphatic carbocycles. The van der Waals surface area contributed by atoms with Gasteiger partial charge < -0.3 is 10.1 Å². The number of fused-ring (bicyclic) bond motifs is 1. The van der Waals surface area contributed by atoms with Gasteiger partial charge in [0, 0.05) is 29.9 Å². The summed E-state index contributed by atoms with van der Waals surface area (Å²) in [6.07, 6.45) is 6.19. The predicted octanol–water partition coefficient (Wildman–Crippen LogP) is 3.97. The SMILES string of the molecule is Cc1c(C(=O)NCC2(N3CCOCC3)CCCCC2)sc2ccccc12. The molecule has 0 atom stereocenters. The molecule has 4 nitrogen and oxygen atoms in total. The highest BCUT2D eigenvalue weighted by molar-refractivity contribution is 7.21. The molecule has 0 bridgehead atoms. The van der Waals surface area contributed by atoms with E-state index in [9.17, 15) is 4.79 Å². The van der Waals surface area contributed by atoms with Crippen LogP contribution in [-0.2, 0) is 4.74 Å². The van der Waals surface area contributed by atoms with Crippen LogP contribution in [0.25, 0.3) is 10.1 Å². The van der Waals surface area contributed by atoms with E-state index >= 15 is 0 Å². The van der Waals surface area contributed by atoms with Crippen LogP contribution in [-0.4, -0.2) is 49.2 Å². The molecule has 2 aliphatic rings. The fourth-order valence-corrected chi connectivity index (χ4v) is 5.69. The molecule has 4 rings (SSSR count). The molecule has 1 saturated heterocycles. The molecule has 140 valence electrons. The lowest BCUT2D eigenvalue weighted by molar-refractivity contribution is -0.0361. The molecule has 1 aromatic carbocycles. The predicted molar refractivity (Wildman–Crippen MR) is 107 cm³/mol. The Labute approximate surface area is 159 Å². The van der Waals surface area contributed by atoms with E-state index in [0.717, 1.165) is 43.3 Å². The number of ether oxygens (including phenoxy) is 1. The van der Waals surface area contributed by atoms with Gasteiger partial charge >= 0.3 is 0 Å². The van der Waals surface area contributed by atoms with Crippen molar-refractivity contribution in [1.82, 2.24) is 10.2 Å². The number of thiophene rings is 1. The molecule has 1 aromatic heterocycles. The van der Waals surface area contributed by atoms with Crippen LogP contribution in [0.3, 0.4) is 0 Å². The van der Waals surface area contributed by atoms with Gasteiger partial charge in [0.25, 0.3) is 5.91 Å². The summed E-state index contributed by atoms with van der Waals surface area (Å²) in [5.41, 5.74) is 1.22. The molecule has 1 saturated carbocycles. The first-order valence-corrected chi connectivity index (χ1v) is 10.6. The lowest BCUT2D eigenvalue weighted by atomic mass is 9.79. The van der Waals surface area contributed by atoms with Crippen molar-refractivity contribution in [3.05, 3.63) is 34.7 Å². The van der Waals surface area contributed by atoms with Gasteiger partial charge in [0.2, 0.25) is 0 Å². The van der Waals surface area contributed by atoms with Crippen molar-refractivity contribution in [3.8, 4) is 0 Å². The zero-order valence-electron chi connectivity index (χ0n) is 15.6. The Morgan fingerprint density at radius 3 is 2.65 bits per heavy atom. The van der Waals surface area contributed by atoms with Gasteiger partial charge in [-0.25, -0.2) is 0 Å². The fourth-order valence-electron chi connectivity index (χ4n) is 4.57. The first-order valence-electron chi connectivity index (χ1n) is 9.79. The minimum atomic E-state index is 0.0851. The smallest absolute Gasteiger partial charge is 0.261 e. The molecule has 0 spiro atoms. The number of nitrogens with one attached hydrogen (secondary N) is 1. The third kappa shape index (κ3) is 3.40. The summed E-state index contributed by atoms with van der Waals surface area (Å²) in [6.45, 7) is 6.40. The summed E-state index contributed by atoms with van der Waals surface area (Å²) in [4.78, 5) is 16.4. The zero-order chi connectivity index (χ0) is 18.0. The second kappa shape index (κ2) is 7.67. The Bertz CT molecular complexity index is 773. The molecular formula is C21H28N2O2S. The second-order valence-electron chi connectivity index (χ2n) is 7.62. The summed E-state index contributed by atoms with van der Waals surface area (Å²) < 4.78 is 6.74. The number of nitrogens with zero attached hydrogens (tertiary/aromatic N) is 1. The van der Waals surface area contributed by atoms with E-state index < -0.39 is 0 Å². The Balaban J connectivity index is 1.51. The van der Waals surface area contributed by atoms with E-state index in [0.29, 0.717) is 0 Å². The van der Waals surface area contributed by atoms with Crippen LogP contribution in [0.1, 0.15) is 47.3 Å². The van der Waals surface area contributed by atoms with Crippen LogP contribution in [0.5, 0.6) is 0 Å². The van der Waals surface area contributed by atoms with Crippen LogP contribution >= 0.6 is 11.3 Å². The maximum absolute atomic E-state index is 13.0. The van der Waals surface area contributed by atoms with Gasteiger partial charge in [-0.05, 0) is 36.8 Å². The molecule has 1 N–H and O–H groups in total. The summed E-state index contributed by atoms with van der Waals surface area (Å²) in [6, 6.07) is 8.28. The molecule has 2 fully saturated rings. The number of amides is 1. The Kier molecular flexibility index (Phi) is 5.30. The average Bonchev–Trinajstić information content (AvgIpc) is 3.05. The van der Waals surface area contributed by atoms with Gasteiger partial charge in [-0.3, -0.25) is 9.69 Å². The summed E-state index contributed by atoms with van der Waals surface area (Å²) in [7, 11) is 0. The molecule has 2 heterocycles. The van der Waals surface area contributed by atoms with E-state index in [1.54, 1.807) is 11.3 Å². The second-order valence-corrected chi connectivity index (χ2v) is 8.67. The third-order valence-corrected chi connectivity index (χ3v) is 7.37. The van der Waals surface area contributed by atoms with Crippen molar-refractivity contribution in [2.45, 2.75) is 44.6 Å². The molecule has 2 aromatic rings. The molecule has 26 heavy (non-hydrogen) atoms. The van der Waals surface area contributed by atoms with Crippen molar-refractivity contribution in [1.29, 1.82) is 0 Å². The van der Waals surface area contributed by atoms with Crippen molar-refractivity contribution in [3.63, 3.8) is 0 Å². The molecule has 5 heteroatoms. The number of hydrogen-bond donors (Lipinski definition) is 1. The Morgan fingerprint density at radius 1 is 1.19 bits per heavy atom. The minimum Gasteiger partial charge on any atom is -0.379 e. The van der Waals surface area contributed by atoms with E-state index in [-0.39, 0.29) is 11.4 Å². The highest BCUT2D eigenvalue weighted by atomic mass is 32.1. The standard InChI is InChI=1S/C21H28N2O2S/c1-16-17-7-3-4-8-18(17)26-19(16)20(24)22-15-21(9-5-2-6-10-21)23-11-13-25-14-12-23/h3-4,7-8H,2,5-6,9-15H2,1H3,(H,22,24). The van der Waals surface area contributed by atoms with E-state index in [4.69, 9.17) is 4.74 Å². The molecule has 1 aliphatic heterocycles. The van der Waals surface area contributed by atoms with Crippen LogP contribution in [0.4, 0.5) is 0 Å². The van der Waals surface area contributed by atoms with Crippen LogP contribution < -0.4 is 5.32 Å². The topological polar surface area (TPSA) is 41.6 Å². The van der Waals surface area contributed by atoms with Crippen LogP contribution in [0.15, 0.2) is 24.3 Å². The first kappa shape index (κ1) is 18.0. The van der Waals surface area contributed by atoms with E-state index in [2.05, 4.69) is 29.3 Å². The number of carbonyl (C=O) groups excluding carboxylic acids is 1. The van der Waals surface area contributed by atoms with E-state index in [1.165, 1.54) is 42.2 Å². The minimum absolute atomic E-state index is 0.0851. The maximum atomic E-state index is 13.0. The van der Waals surface area contributed by atoms with Gasteiger partial charge in [0.05, 0.1) is 18.1 Å². The highest BCUT2D eigenvalue weighted by Crippen LogP contribution is 2.35. The maximum Gasteiger partial charge on any atom is 0.261 e. The van der Waals surface area contributed by atoms with Gasteiger partial charge in [0.1, 0.15) is 0 Å². The van der Waals surface area contributed by atoms with Crippen molar-refractivity contribution in [2.24, 2.45) is 0 Å².